The Labute approximate surface area is 222 Å². The molecule has 0 spiro atoms. The van der Waals surface area contributed by atoms with Crippen LogP contribution in [0.25, 0.3) is 6.08 Å². The standard InChI is InChI=1S/C28H26N2O7S/c1-4-14-36-20-12-8-19(9-13-20)25-24(27(34)35-5-2)17(3)29-28-30(25)26(33)22(38-28)15-18-6-10-21(11-7-18)37-16-23(31)32/h4,6-13,15,25H,1,5,14,16H2,2-3H3,(H,31,32)/b22-15-. The van der Waals surface area contributed by atoms with E-state index in [0.29, 0.717) is 44.3 Å². The summed E-state index contributed by atoms with van der Waals surface area (Å²) in [6, 6.07) is 13.2. The summed E-state index contributed by atoms with van der Waals surface area (Å²) in [5.74, 6) is -0.561. The molecule has 196 valence electrons. The van der Waals surface area contributed by atoms with Crippen molar-refractivity contribution in [1.82, 2.24) is 4.57 Å². The molecule has 1 aliphatic heterocycles. The second-order valence-corrected chi connectivity index (χ2v) is 9.23. The van der Waals surface area contributed by atoms with Crippen LogP contribution >= 0.6 is 11.3 Å². The lowest BCUT2D eigenvalue weighted by Gasteiger charge is -2.24. The Bertz CT molecular complexity index is 1570. The van der Waals surface area contributed by atoms with Crippen molar-refractivity contribution in [2.75, 3.05) is 19.8 Å². The van der Waals surface area contributed by atoms with Gasteiger partial charge >= 0.3 is 11.9 Å². The summed E-state index contributed by atoms with van der Waals surface area (Å²) in [6.45, 7) is 7.20. The van der Waals surface area contributed by atoms with E-state index < -0.39 is 24.6 Å². The number of nitrogens with zero attached hydrogens (tertiary/aromatic N) is 2. The Morgan fingerprint density at radius 1 is 1.11 bits per heavy atom. The number of aliphatic carboxylic acids is 1. The van der Waals surface area contributed by atoms with E-state index in [1.807, 2.05) is 12.1 Å². The summed E-state index contributed by atoms with van der Waals surface area (Å²) in [4.78, 5) is 42.4. The Kier molecular flexibility index (Phi) is 8.22. The SMILES string of the molecule is C=CCOc1ccc(C2C(C(=O)OCC)=C(C)N=c3s/c(=C\c4ccc(OCC(=O)O)cc4)c(=O)n32)cc1. The maximum Gasteiger partial charge on any atom is 0.341 e. The molecule has 0 aliphatic carbocycles. The first-order valence-electron chi connectivity index (χ1n) is 11.8. The van der Waals surface area contributed by atoms with Gasteiger partial charge in [0, 0.05) is 0 Å². The first-order valence-corrected chi connectivity index (χ1v) is 12.6. The van der Waals surface area contributed by atoms with Crippen LogP contribution < -0.4 is 24.4 Å². The van der Waals surface area contributed by atoms with Crippen LogP contribution in [0.15, 0.2) is 82.2 Å². The number of allylic oxidation sites excluding steroid dienone is 1. The second-order valence-electron chi connectivity index (χ2n) is 8.22. The average Bonchev–Trinajstić information content (AvgIpc) is 3.20. The number of ether oxygens (including phenoxy) is 3. The molecular formula is C28H26N2O7S. The van der Waals surface area contributed by atoms with E-state index in [1.165, 1.54) is 15.9 Å². The van der Waals surface area contributed by atoms with E-state index in [9.17, 15) is 14.4 Å². The fourth-order valence-corrected chi connectivity index (χ4v) is 5.01. The van der Waals surface area contributed by atoms with Crippen LogP contribution in [0.3, 0.4) is 0 Å². The largest absolute Gasteiger partial charge is 0.490 e. The van der Waals surface area contributed by atoms with E-state index in [1.54, 1.807) is 62.4 Å². The number of thiazole rings is 1. The fourth-order valence-electron chi connectivity index (χ4n) is 3.97. The Hall–Kier alpha value is -4.44. The van der Waals surface area contributed by atoms with Gasteiger partial charge in [0.15, 0.2) is 11.4 Å². The van der Waals surface area contributed by atoms with Crippen molar-refractivity contribution in [2.24, 2.45) is 4.99 Å². The lowest BCUT2D eigenvalue weighted by atomic mass is 9.96. The zero-order valence-electron chi connectivity index (χ0n) is 20.9. The molecule has 0 fully saturated rings. The van der Waals surface area contributed by atoms with E-state index in [0.717, 1.165) is 5.56 Å². The van der Waals surface area contributed by atoms with E-state index in [4.69, 9.17) is 19.3 Å². The van der Waals surface area contributed by atoms with Crippen LogP contribution in [-0.4, -0.2) is 41.4 Å². The summed E-state index contributed by atoms with van der Waals surface area (Å²) >= 11 is 1.22. The Morgan fingerprint density at radius 2 is 1.76 bits per heavy atom. The number of aromatic nitrogens is 1. The van der Waals surface area contributed by atoms with Gasteiger partial charge in [0.25, 0.3) is 5.56 Å². The number of hydrogen-bond donors (Lipinski definition) is 1. The van der Waals surface area contributed by atoms with E-state index in [-0.39, 0.29) is 12.2 Å². The topological polar surface area (TPSA) is 116 Å². The Morgan fingerprint density at radius 3 is 2.39 bits per heavy atom. The second kappa shape index (κ2) is 11.7. The third-order valence-corrected chi connectivity index (χ3v) is 6.60. The molecule has 0 bridgehead atoms. The quantitative estimate of drug-likeness (QED) is 0.314. The van der Waals surface area contributed by atoms with Crippen molar-refractivity contribution in [2.45, 2.75) is 19.9 Å². The first kappa shape index (κ1) is 26.6. The van der Waals surface area contributed by atoms with Crippen molar-refractivity contribution in [1.29, 1.82) is 0 Å². The molecule has 1 N–H and O–H groups in total. The summed E-state index contributed by atoms with van der Waals surface area (Å²) in [5.41, 5.74) is 1.91. The van der Waals surface area contributed by atoms with Crippen LogP contribution in [0.4, 0.5) is 0 Å². The lowest BCUT2D eigenvalue weighted by molar-refractivity contribution is -0.140. The predicted molar refractivity (Wildman–Crippen MR) is 142 cm³/mol. The maximum atomic E-state index is 13.7. The molecule has 0 saturated heterocycles. The molecule has 1 unspecified atom stereocenters. The lowest BCUT2D eigenvalue weighted by Crippen LogP contribution is -2.39. The molecule has 1 aliphatic rings. The van der Waals surface area contributed by atoms with Gasteiger partial charge in [0.2, 0.25) is 0 Å². The minimum absolute atomic E-state index is 0.188. The van der Waals surface area contributed by atoms with Gasteiger partial charge in [-0.25, -0.2) is 14.6 Å². The number of fused-ring (bicyclic) bond motifs is 1. The molecule has 3 aromatic rings. The number of carboxylic acid groups (broad SMARTS) is 1. The molecule has 38 heavy (non-hydrogen) atoms. The van der Waals surface area contributed by atoms with Gasteiger partial charge in [-0.3, -0.25) is 9.36 Å². The van der Waals surface area contributed by atoms with Gasteiger partial charge in [0.1, 0.15) is 18.1 Å². The van der Waals surface area contributed by atoms with Crippen molar-refractivity contribution in [3.63, 3.8) is 0 Å². The molecule has 2 heterocycles. The third kappa shape index (κ3) is 5.76. The highest BCUT2D eigenvalue weighted by Gasteiger charge is 2.33. The van der Waals surface area contributed by atoms with Gasteiger partial charge < -0.3 is 19.3 Å². The molecule has 9 nitrogen and oxygen atoms in total. The van der Waals surface area contributed by atoms with E-state index in [2.05, 4.69) is 11.6 Å². The summed E-state index contributed by atoms with van der Waals surface area (Å²) in [7, 11) is 0. The molecule has 4 rings (SSSR count). The van der Waals surface area contributed by atoms with Gasteiger partial charge in [-0.1, -0.05) is 48.3 Å². The zero-order chi connectivity index (χ0) is 27.2. The average molecular weight is 535 g/mol. The molecule has 10 heteroatoms. The highest BCUT2D eigenvalue weighted by atomic mass is 32.1. The van der Waals surface area contributed by atoms with Crippen LogP contribution in [0.5, 0.6) is 11.5 Å². The fraction of sp³-hybridized carbons (Fsp3) is 0.214. The van der Waals surface area contributed by atoms with E-state index >= 15 is 0 Å². The number of hydrogen-bond acceptors (Lipinski definition) is 8. The summed E-state index contributed by atoms with van der Waals surface area (Å²) in [6.07, 6.45) is 3.37. The summed E-state index contributed by atoms with van der Waals surface area (Å²) < 4.78 is 18.0. The molecule has 1 aromatic heterocycles. The molecule has 0 saturated carbocycles. The number of carbonyl (C=O) groups is 2. The van der Waals surface area contributed by atoms with Crippen molar-refractivity contribution < 1.29 is 28.9 Å². The maximum absolute atomic E-state index is 13.7. The smallest absolute Gasteiger partial charge is 0.341 e. The molecule has 0 amide bonds. The number of esters is 1. The third-order valence-electron chi connectivity index (χ3n) is 5.62. The van der Waals surface area contributed by atoms with Gasteiger partial charge in [-0.05, 0) is 55.3 Å². The number of benzene rings is 2. The minimum Gasteiger partial charge on any atom is -0.490 e. The first-order chi connectivity index (χ1) is 18.3. The molecule has 0 radical (unpaired) electrons. The molecule has 2 aromatic carbocycles. The van der Waals surface area contributed by atoms with Crippen LogP contribution in [-0.2, 0) is 14.3 Å². The predicted octanol–water partition coefficient (Wildman–Crippen LogP) is 2.83. The molecule has 1 atom stereocenters. The van der Waals surface area contributed by atoms with Crippen LogP contribution in [0.1, 0.15) is 31.0 Å². The van der Waals surface area contributed by atoms with Gasteiger partial charge in [-0.2, -0.15) is 0 Å². The highest BCUT2D eigenvalue weighted by molar-refractivity contribution is 7.07. The van der Waals surface area contributed by atoms with Crippen molar-refractivity contribution >= 4 is 29.4 Å². The van der Waals surface area contributed by atoms with Crippen molar-refractivity contribution in [3.05, 3.63) is 103 Å². The molecular weight excluding hydrogens is 508 g/mol. The van der Waals surface area contributed by atoms with Crippen molar-refractivity contribution in [3.8, 4) is 11.5 Å². The van der Waals surface area contributed by atoms with Crippen LogP contribution in [0, 0.1) is 0 Å². The Balaban J connectivity index is 1.78. The normalized spacial score (nSPS) is 14.9. The van der Waals surface area contributed by atoms with Crippen LogP contribution in [0.2, 0.25) is 0 Å². The zero-order valence-corrected chi connectivity index (χ0v) is 21.7. The van der Waals surface area contributed by atoms with Gasteiger partial charge in [0.05, 0.1) is 28.5 Å². The minimum atomic E-state index is -1.07. The number of carboxylic acids is 1. The van der Waals surface area contributed by atoms with Gasteiger partial charge in [-0.15, -0.1) is 0 Å². The monoisotopic (exact) mass is 534 g/mol. The highest BCUT2D eigenvalue weighted by Crippen LogP contribution is 2.31. The summed E-state index contributed by atoms with van der Waals surface area (Å²) in [5, 5.41) is 8.77. The number of carbonyl (C=O) groups excluding carboxylic acids is 1. The number of rotatable bonds is 10.